The van der Waals surface area contributed by atoms with Crippen molar-refractivity contribution in [2.45, 2.75) is 25.8 Å². The van der Waals surface area contributed by atoms with Gasteiger partial charge in [0.15, 0.2) is 0 Å². The first-order valence-corrected chi connectivity index (χ1v) is 8.09. The smallest absolute Gasteiger partial charge is 0.303 e. The van der Waals surface area contributed by atoms with Crippen LogP contribution in [0.25, 0.3) is 0 Å². The highest BCUT2D eigenvalue weighted by atomic mass is 19.1. The van der Waals surface area contributed by atoms with E-state index < -0.39 is 35.0 Å². The van der Waals surface area contributed by atoms with Crippen molar-refractivity contribution in [2.75, 3.05) is 5.32 Å². The number of anilines is 1. The molecule has 0 radical (unpaired) electrons. The Bertz CT molecular complexity index is 961. The highest BCUT2D eigenvalue weighted by Gasteiger charge is 2.14. The molecule has 0 aliphatic heterocycles. The Hall–Kier alpha value is -3.63. The van der Waals surface area contributed by atoms with Gasteiger partial charge in [-0.05, 0) is 12.5 Å². The molecule has 0 saturated heterocycles. The molecule has 1 heterocycles. The molecule has 1 aromatic heterocycles. The topological polar surface area (TPSA) is 141 Å². The normalized spacial score (nSPS) is 10.4. The molecule has 2 amide bonds. The first-order chi connectivity index (χ1) is 13.3. The zero-order valence-electron chi connectivity index (χ0n) is 14.4. The zero-order valence-corrected chi connectivity index (χ0v) is 14.4. The third-order valence-corrected chi connectivity index (χ3v) is 3.55. The van der Waals surface area contributed by atoms with Crippen molar-refractivity contribution in [3.05, 3.63) is 57.5 Å². The number of aliphatic carboxylic acids is 1. The van der Waals surface area contributed by atoms with E-state index >= 15 is 0 Å². The van der Waals surface area contributed by atoms with Gasteiger partial charge in [0.05, 0.1) is 0 Å². The van der Waals surface area contributed by atoms with E-state index in [1.54, 1.807) is 0 Å². The third-order valence-electron chi connectivity index (χ3n) is 3.55. The first kappa shape index (κ1) is 20.7. The van der Waals surface area contributed by atoms with E-state index in [0.29, 0.717) is 6.07 Å². The summed E-state index contributed by atoms with van der Waals surface area (Å²) in [5.41, 5.74) is -1.18. The number of carbonyl (C=O) groups is 3. The molecule has 0 unspecified atom stereocenters. The summed E-state index contributed by atoms with van der Waals surface area (Å²) in [4.78, 5) is 52.0. The Kier molecular flexibility index (Phi) is 6.90. The molecule has 0 spiro atoms. The summed E-state index contributed by atoms with van der Waals surface area (Å²) in [6.07, 6.45) is 0.792. The van der Waals surface area contributed by atoms with Crippen LogP contribution in [0.15, 0.2) is 29.2 Å². The number of carbonyl (C=O) groups excluding carboxylic acids is 2. The largest absolute Gasteiger partial charge is 0.481 e. The van der Waals surface area contributed by atoms with E-state index in [-0.39, 0.29) is 42.9 Å². The average molecular weight is 394 g/mol. The molecule has 9 nitrogen and oxygen atoms in total. The van der Waals surface area contributed by atoms with Crippen molar-refractivity contribution < 1.29 is 28.3 Å². The molecule has 148 valence electrons. The number of rotatable bonds is 8. The summed E-state index contributed by atoms with van der Waals surface area (Å²) in [7, 11) is 0. The molecule has 2 aromatic rings. The number of benzene rings is 1. The SMILES string of the molecule is O=C(O)CCCC(=O)Nc1ncc(C(=O)NCc2ccc(F)cc2F)c(=O)[nH]1. The van der Waals surface area contributed by atoms with Crippen LogP contribution in [-0.4, -0.2) is 32.9 Å². The maximum atomic E-state index is 13.5. The van der Waals surface area contributed by atoms with Crippen molar-refractivity contribution in [2.24, 2.45) is 0 Å². The molecular weight excluding hydrogens is 378 g/mol. The average Bonchev–Trinajstić information content (AvgIpc) is 2.60. The van der Waals surface area contributed by atoms with Crippen LogP contribution in [0.4, 0.5) is 14.7 Å². The van der Waals surface area contributed by atoms with Crippen LogP contribution in [0, 0.1) is 11.6 Å². The van der Waals surface area contributed by atoms with Crippen LogP contribution in [0.1, 0.15) is 35.2 Å². The third kappa shape index (κ3) is 5.97. The number of halogens is 2. The van der Waals surface area contributed by atoms with E-state index in [1.807, 2.05) is 0 Å². The maximum Gasteiger partial charge on any atom is 0.303 e. The fourth-order valence-electron chi connectivity index (χ4n) is 2.15. The summed E-state index contributed by atoms with van der Waals surface area (Å²) in [6, 6.07) is 2.87. The second-order valence-electron chi connectivity index (χ2n) is 5.69. The minimum Gasteiger partial charge on any atom is -0.481 e. The standard InChI is InChI=1S/C17H16F2N4O5/c18-10-5-4-9(12(19)6-10)7-20-15(27)11-8-21-17(23-16(11)28)22-13(24)2-1-3-14(25)26/h4-6,8H,1-3,7H2,(H,20,27)(H,25,26)(H2,21,22,23,24,28). The Balaban J connectivity index is 1.95. The van der Waals surface area contributed by atoms with Crippen molar-refractivity contribution >= 4 is 23.7 Å². The lowest BCUT2D eigenvalue weighted by Gasteiger charge is -2.07. The predicted molar refractivity (Wildman–Crippen MR) is 92.5 cm³/mol. The molecule has 0 bridgehead atoms. The van der Waals surface area contributed by atoms with Crippen molar-refractivity contribution in [3.8, 4) is 0 Å². The van der Waals surface area contributed by atoms with Gasteiger partial charge in [-0.15, -0.1) is 0 Å². The van der Waals surface area contributed by atoms with Crippen molar-refractivity contribution in [1.29, 1.82) is 0 Å². The number of nitrogens with zero attached hydrogens (tertiary/aromatic N) is 1. The number of nitrogens with one attached hydrogen (secondary N) is 3. The van der Waals surface area contributed by atoms with Crippen molar-refractivity contribution in [1.82, 2.24) is 15.3 Å². The Morgan fingerprint density at radius 3 is 2.57 bits per heavy atom. The quantitative estimate of drug-likeness (QED) is 0.530. The number of hydrogen-bond acceptors (Lipinski definition) is 5. The highest BCUT2D eigenvalue weighted by molar-refractivity contribution is 5.94. The lowest BCUT2D eigenvalue weighted by molar-refractivity contribution is -0.137. The van der Waals surface area contributed by atoms with Crippen LogP contribution in [0.3, 0.4) is 0 Å². The van der Waals surface area contributed by atoms with Crippen LogP contribution < -0.4 is 16.2 Å². The molecule has 4 N–H and O–H groups in total. The number of aromatic amines is 1. The maximum absolute atomic E-state index is 13.5. The van der Waals surface area contributed by atoms with Crippen LogP contribution in [-0.2, 0) is 16.1 Å². The van der Waals surface area contributed by atoms with Gasteiger partial charge in [-0.2, -0.15) is 0 Å². The first-order valence-electron chi connectivity index (χ1n) is 8.09. The molecule has 2 rings (SSSR count). The highest BCUT2D eigenvalue weighted by Crippen LogP contribution is 2.09. The Labute approximate surface area is 156 Å². The second kappa shape index (κ2) is 9.35. The molecule has 0 aliphatic carbocycles. The Morgan fingerprint density at radius 2 is 1.93 bits per heavy atom. The van der Waals surface area contributed by atoms with Gasteiger partial charge in [0, 0.05) is 37.2 Å². The van der Waals surface area contributed by atoms with Gasteiger partial charge in [-0.1, -0.05) is 6.07 Å². The molecule has 0 saturated carbocycles. The van der Waals surface area contributed by atoms with Gasteiger partial charge in [-0.25, -0.2) is 13.8 Å². The summed E-state index contributed by atoms with van der Waals surface area (Å²) < 4.78 is 26.4. The molecule has 11 heteroatoms. The fourth-order valence-corrected chi connectivity index (χ4v) is 2.15. The van der Waals surface area contributed by atoms with Gasteiger partial charge >= 0.3 is 5.97 Å². The zero-order chi connectivity index (χ0) is 20.7. The van der Waals surface area contributed by atoms with Crippen LogP contribution >= 0.6 is 0 Å². The van der Waals surface area contributed by atoms with Gasteiger partial charge in [0.25, 0.3) is 11.5 Å². The number of carboxylic acids is 1. The minimum atomic E-state index is -1.03. The number of aromatic nitrogens is 2. The molecular formula is C17H16F2N4O5. The van der Waals surface area contributed by atoms with Gasteiger partial charge in [0.2, 0.25) is 11.9 Å². The number of amides is 2. The summed E-state index contributed by atoms with van der Waals surface area (Å²) in [5.74, 6) is -4.21. The van der Waals surface area contributed by atoms with E-state index in [2.05, 4.69) is 20.6 Å². The molecule has 0 fully saturated rings. The Morgan fingerprint density at radius 1 is 1.18 bits per heavy atom. The summed E-state index contributed by atoms with van der Waals surface area (Å²) >= 11 is 0. The lowest BCUT2D eigenvalue weighted by atomic mass is 10.2. The number of hydrogen-bond donors (Lipinski definition) is 4. The summed E-state index contributed by atoms with van der Waals surface area (Å²) in [6.45, 7) is -0.271. The minimum absolute atomic E-state index is 0.0318. The second-order valence-corrected chi connectivity index (χ2v) is 5.69. The van der Waals surface area contributed by atoms with Gasteiger partial charge < -0.3 is 10.4 Å². The predicted octanol–water partition coefficient (Wildman–Crippen LogP) is 1.17. The lowest BCUT2D eigenvalue weighted by Crippen LogP contribution is -2.30. The van der Waals surface area contributed by atoms with E-state index in [0.717, 1.165) is 18.3 Å². The van der Waals surface area contributed by atoms with Gasteiger partial charge in [-0.3, -0.25) is 29.5 Å². The van der Waals surface area contributed by atoms with Crippen LogP contribution in [0.5, 0.6) is 0 Å². The monoisotopic (exact) mass is 394 g/mol. The van der Waals surface area contributed by atoms with Crippen LogP contribution in [0.2, 0.25) is 0 Å². The summed E-state index contributed by atoms with van der Waals surface area (Å²) in [5, 5.41) is 13.1. The van der Waals surface area contributed by atoms with E-state index in [9.17, 15) is 28.0 Å². The molecule has 1 aromatic carbocycles. The number of carboxylic acid groups (broad SMARTS) is 1. The van der Waals surface area contributed by atoms with Crippen molar-refractivity contribution in [3.63, 3.8) is 0 Å². The van der Waals surface area contributed by atoms with E-state index in [4.69, 9.17) is 5.11 Å². The molecule has 28 heavy (non-hydrogen) atoms. The number of H-pyrrole nitrogens is 1. The fraction of sp³-hybridized carbons (Fsp3) is 0.235. The molecule has 0 atom stereocenters. The van der Waals surface area contributed by atoms with Gasteiger partial charge in [0.1, 0.15) is 17.2 Å². The molecule has 0 aliphatic rings. The van der Waals surface area contributed by atoms with E-state index in [1.165, 1.54) is 0 Å².